The number of nitrogens with zero attached hydrogens (tertiary/aromatic N) is 2. The molecule has 84 heavy (non-hydrogen) atoms. The first-order valence-corrected chi connectivity index (χ1v) is 33.5. The molecule has 0 fully saturated rings. The van der Waals surface area contributed by atoms with Crippen molar-refractivity contribution in [2.45, 2.75) is 12.8 Å². The molecule has 0 bridgehead atoms. The summed E-state index contributed by atoms with van der Waals surface area (Å²) in [5.74, 6) is 0. The van der Waals surface area contributed by atoms with Crippen LogP contribution in [-0.4, -0.2) is 24.9 Å². The fourth-order valence-corrected chi connectivity index (χ4v) is 25.2. The van der Waals surface area contributed by atoms with Gasteiger partial charge in [0.25, 0.3) is 0 Å². The summed E-state index contributed by atoms with van der Waals surface area (Å²) in [5.41, 5.74) is 13.0. The van der Waals surface area contributed by atoms with Crippen LogP contribution in [0.25, 0.3) is 76.2 Å². The summed E-state index contributed by atoms with van der Waals surface area (Å²) in [7, 11) is -5.72. The van der Waals surface area contributed by atoms with Crippen molar-refractivity contribution in [3.63, 3.8) is 0 Å². The molecule has 0 aliphatic carbocycles. The average Bonchev–Trinajstić information content (AvgIpc) is 1.66. The van der Waals surface area contributed by atoms with Gasteiger partial charge in [-0.15, -0.1) is 0 Å². The van der Waals surface area contributed by atoms with Gasteiger partial charge in [-0.2, -0.15) is 0 Å². The van der Waals surface area contributed by atoms with E-state index in [1.165, 1.54) is 140 Å². The third-order valence-electron chi connectivity index (χ3n) is 18.7. The van der Waals surface area contributed by atoms with Crippen molar-refractivity contribution >= 4 is 134 Å². The first-order chi connectivity index (χ1) is 41.7. The molecule has 0 saturated heterocycles. The summed E-state index contributed by atoms with van der Waals surface area (Å²) in [6.45, 7) is 0. The molecule has 0 saturated carbocycles. The van der Waals surface area contributed by atoms with Crippen LogP contribution in [0.2, 0.25) is 0 Å². The Labute approximate surface area is 490 Å². The van der Waals surface area contributed by atoms with Crippen molar-refractivity contribution in [2.24, 2.45) is 0 Å². The van der Waals surface area contributed by atoms with Crippen LogP contribution in [0.3, 0.4) is 0 Å². The van der Waals surface area contributed by atoms with Crippen LogP contribution in [0.15, 0.2) is 315 Å². The van der Waals surface area contributed by atoms with E-state index < -0.39 is 16.1 Å². The lowest BCUT2D eigenvalue weighted by molar-refractivity contribution is 1.18. The van der Waals surface area contributed by atoms with Crippen molar-refractivity contribution in [1.82, 2.24) is 8.80 Å². The Morgan fingerprint density at radius 3 is 0.810 bits per heavy atom. The van der Waals surface area contributed by atoms with Crippen molar-refractivity contribution in [1.29, 1.82) is 0 Å². The number of hydrogen-bond acceptors (Lipinski definition) is 0. The summed E-state index contributed by atoms with van der Waals surface area (Å²) < 4.78 is 5.35. The third kappa shape index (κ3) is 6.96. The maximum Gasteiger partial charge on any atom is 0.179 e. The molecule has 17 rings (SSSR count). The highest BCUT2D eigenvalue weighted by Crippen LogP contribution is 2.49. The summed E-state index contributed by atoms with van der Waals surface area (Å²) in [5, 5.41) is 21.5. The van der Waals surface area contributed by atoms with E-state index in [2.05, 4.69) is 324 Å². The molecule has 4 heterocycles. The summed E-state index contributed by atoms with van der Waals surface area (Å²) >= 11 is 0. The zero-order valence-electron chi connectivity index (χ0n) is 46.3. The van der Waals surface area contributed by atoms with E-state index >= 15 is 0 Å². The average molecular weight is 1100 g/mol. The number of fused-ring (bicyclic) bond motifs is 12. The van der Waals surface area contributed by atoms with Crippen LogP contribution in [-0.2, 0) is 12.8 Å². The predicted molar refractivity (Wildman–Crippen MR) is 361 cm³/mol. The molecule has 0 amide bonds. The molecule has 0 aliphatic rings. The molecular formula is C80H56N2Si2. The van der Waals surface area contributed by atoms with Gasteiger partial charge in [0.05, 0.1) is 33.1 Å². The molecule has 0 spiro atoms. The Balaban J connectivity index is 0.986. The van der Waals surface area contributed by atoms with Gasteiger partial charge < -0.3 is 8.80 Å². The minimum atomic E-state index is -2.86. The van der Waals surface area contributed by atoms with Crippen molar-refractivity contribution in [2.75, 3.05) is 0 Å². The van der Waals surface area contributed by atoms with Crippen LogP contribution in [0.1, 0.15) is 22.3 Å². The molecule has 0 atom stereocenters. The zero-order chi connectivity index (χ0) is 55.3. The molecule has 0 unspecified atom stereocenters. The van der Waals surface area contributed by atoms with Gasteiger partial charge in [-0.1, -0.05) is 303 Å². The number of para-hydroxylation sites is 4. The molecule has 17 aromatic rings. The highest BCUT2D eigenvalue weighted by molar-refractivity contribution is 7.20. The highest BCUT2D eigenvalue weighted by Gasteiger charge is 2.43. The van der Waals surface area contributed by atoms with Gasteiger partial charge in [-0.05, 0) is 75.9 Å². The number of rotatable bonds is 12. The minimum Gasteiger partial charge on any atom is -0.308 e. The second-order valence-corrected chi connectivity index (χ2v) is 30.6. The molecular weight excluding hydrogens is 1050 g/mol. The van der Waals surface area contributed by atoms with Crippen LogP contribution < -0.4 is 41.5 Å². The SMILES string of the molecule is c1ccc([Si](c2ccccc2)(c2ccccc2)c2cccc(Cc3c4c5cccc6c7ccccc7n(c4c(Cc4cccc([Si](c7ccccc7)(c7ccccc7)c7ccccc7)c4)c4c7cccc8c9ccccc9n(c34)c87)c65)c2)cc1. The Bertz CT molecular complexity index is 4760. The van der Waals surface area contributed by atoms with E-state index in [0.717, 1.165) is 12.8 Å². The highest BCUT2D eigenvalue weighted by atomic mass is 28.3. The van der Waals surface area contributed by atoms with Gasteiger partial charge >= 0.3 is 0 Å². The van der Waals surface area contributed by atoms with Crippen LogP contribution >= 0.6 is 0 Å². The molecule has 4 aromatic heterocycles. The smallest absolute Gasteiger partial charge is 0.179 e. The predicted octanol–water partition coefficient (Wildman–Crippen LogP) is 13.9. The van der Waals surface area contributed by atoms with Crippen molar-refractivity contribution in [3.8, 4) is 0 Å². The van der Waals surface area contributed by atoms with E-state index in [1.54, 1.807) is 0 Å². The molecule has 0 N–H and O–H groups in total. The lowest BCUT2D eigenvalue weighted by Crippen LogP contribution is -2.74. The van der Waals surface area contributed by atoms with Gasteiger partial charge in [-0.3, -0.25) is 0 Å². The number of aromatic nitrogens is 2. The van der Waals surface area contributed by atoms with Crippen molar-refractivity contribution in [3.05, 3.63) is 338 Å². The lowest BCUT2D eigenvalue weighted by atomic mass is 9.90. The van der Waals surface area contributed by atoms with E-state index in [0.29, 0.717) is 0 Å². The zero-order valence-corrected chi connectivity index (χ0v) is 48.3. The van der Waals surface area contributed by atoms with Gasteiger partial charge in [0, 0.05) is 55.9 Å². The summed E-state index contributed by atoms with van der Waals surface area (Å²) in [4.78, 5) is 0. The second-order valence-electron chi connectivity index (χ2n) is 23.0. The maximum absolute atomic E-state index is 2.86. The van der Waals surface area contributed by atoms with E-state index in [1.807, 2.05) is 0 Å². The minimum absolute atomic E-state index is 0.734. The topological polar surface area (TPSA) is 8.82 Å². The fraction of sp³-hybridized carbons (Fsp3) is 0.0250. The van der Waals surface area contributed by atoms with Gasteiger partial charge in [-0.25, -0.2) is 0 Å². The molecule has 0 aliphatic heterocycles. The largest absolute Gasteiger partial charge is 0.308 e. The van der Waals surface area contributed by atoms with E-state index in [9.17, 15) is 0 Å². The Morgan fingerprint density at radius 1 is 0.214 bits per heavy atom. The Hall–Kier alpha value is -10.1. The monoisotopic (exact) mass is 1100 g/mol. The summed E-state index contributed by atoms with van der Waals surface area (Å²) in [6.07, 6.45) is 1.47. The molecule has 4 heteroatoms. The number of hydrogen-bond donors (Lipinski definition) is 0. The van der Waals surface area contributed by atoms with Gasteiger partial charge in [0.15, 0.2) is 16.1 Å². The molecule has 0 radical (unpaired) electrons. The van der Waals surface area contributed by atoms with Gasteiger partial charge in [0.2, 0.25) is 0 Å². The molecule has 2 nitrogen and oxygen atoms in total. The first kappa shape index (κ1) is 48.6. The van der Waals surface area contributed by atoms with Crippen molar-refractivity contribution < 1.29 is 0 Å². The van der Waals surface area contributed by atoms with Crippen LogP contribution in [0, 0.1) is 0 Å². The third-order valence-corrected chi connectivity index (χ3v) is 28.3. The van der Waals surface area contributed by atoms with Gasteiger partial charge in [0.1, 0.15) is 0 Å². The summed E-state index contributed by atoms with van der Waals surface area (Å²) in [6, 6.07) is 120. The fourth-order valence-electron chi connectivity index (χ4n) is 15.5. The number of benzene rings is 13. The maximum atomic E-state index is 2.68. The van der Waals surface area contributed by atoms with Crippen LogP contribution in [0.4, 0.5) is 0 Å². The van der Waals surface area contributed by atoms with Crippen LogP contribution in [0.5, 0.6) is 0 Å². The normalized spacial score (nSPS) is 12.4. The second kappa shape index (κ2) is 19.3. The quantitative estimate of drug-likeness (QED) is 0.0852. The van der Waals surface area contributed by atoms with E-state index in [4.69, 9.17) is 0 Å². The molecule has 13 aromatic carbocycles. The first-order valence-electron chi connectivity index (χ1n) is 29.5. The molecule has 394 valence electrons. The standard InChI is InChI=1S/C80H56N2Si2/c1-7-29-57(30-8-1)83(58-31-9-2-10-32-58,59-33-11-3-12-34-59)63-41-23-27-55(51-63)53-71-75-69-47-25-45-67-66-44-20-22-50-74(66)82(77(67)69)80(75)72(76-70-48-26-46-68-65-43-19-21-49-73(65)81(78(68)70)79(71)76)54-56-28-24-42-64(52-56)84(60-35-13-4-14-36-60,61-37-15-5-16-38-61)62-39-17-6-18-40-62/h1-52H,53-54H2. The lowest BCUT2D eigenvalue weighted by Gasteiger charge is -2.34. The Morgan fingerprint density at radius 2 is 0.476 bits per heavy atom. The Kier molecular flexibility index (Phi) is 11.1. The van der Waals surface area contributed by atoms with E-state index in [-0.39, 0.29) is 0 Å².